The topological polar surface area (TPSA) is 38.3 Å². The van der Waals surface area contributed by atoms with Crippen LogP contribution in [0.25, 0.3) is 0 Å². The maximum Gasteiger partial charge on any atom is 0.0577 e. The fraction of sp³-hybridized carbons (Fsp3) is 1.00. The average molecular weight is 219 g/mol. The Morgan fingerprint density at radius 3 is 2.71 bits per heavy atom. The summed E-state index contributed by atoms with van der Waals surface area (Å²) in [6.07, 6.45) is 2.24. The molecule has 0 bridgehead atoms. The van der Waals surface area contributed by atoms with Crippen molar-refractivity contribution in [3.8, 4) is 0 Å². The van der Waals surface area contributed by atoms with Crippen LogP contribution in [-0.4, -0.2) is 42.0 Å². The quantitative estimate of drug-likeness (QED) is 0.742. The molecule has 0 aromatic heterocycles. The van der Waals surface area contributed by atoms with E-state index in [0.717, 1.165) is 12.8 Å². The first kappa shape index (κ1) is 12.1. The van der Waals surface area contributed by atoms with Crippen LogP contribution < -0.4 is 5.32 Å². The Hall–Kier alpha value is 0.0700. The first-order chi connectivity index (χ1) is 6.70. The minimum Gasteiger partial charge on any atom is -0.384 e. The van der Waals surface area contributed by atoms with Gasteiger partial charge in [0.1, 0.15) is 0 Å². The molecule has 1 fully saturated rings. The number of ether oxygens (including phenoxy) is 1. The lowest BCUT2D eigenvalue weighted by molar-refractivity contribution is 0.217. The summed E-state index contributed by atoms with van der Waals surface area (Å²) in [5, 5.41) is 3.65. The van der Waals surface area contributed by atoms with Crippen LogP contribution in [0.4, 0.5) is 0 Å². The molecule has 0 radical (unpaired) electrons. The molecule has 1 N–H and O–H groups in total. The Bertz CT molecular complexity index is 199. The van der Waals surface area contributed by atoms with Gasteiger partial charge >= 0.3 is 0 Å². The Morgan fingerprint density at radius 1 is 1.50 bits per heavy atom. The van der Waals surface area contributed by atoms with Crippen LogP contribution in [0.1, 0.15) is 19.8 Å². The predicted molar refractivity (Wildman–Crippen MR) is 59.9 cm³/mol. The van der Waals surface area contributed by atoms with E-state index in [0.29, 0.717) is 29.6 Å². The molecule has 0 aliphatic heterocycles. The zero-order valence-corrected chi connectivity index (χ0v) is 10.1. The van der Waals surface area contributed by atoms with Gasteiger partial charge in [-0.05, 0) is 25.8 Å². The number of nitrogens with one attached hydrogen (secondary N) is 1. The largest absolute Gasteiger partial charge is 0.384 e. The van der Waals surface area contributed by atoms with Gasteiger partial charge < -0.3 is 10.1 Å². The highest BCUT2D eigenvalue weighted by atomic mass is 32.2. The van der Waals surface area contributed by atoms with Crippen LogP contribution in [-0.2, 0) is 15.5 Å². The van der Waals surface area contributed by atoms with Gasteiger partial charge in [0.2, 0.25) is 0 Å². The van der Waals surface area contributed by atoms with Gasteiger partial charge in [-0.15, -0.1) is 0 Å². The minimum atomic E-state index is -0.713. The SMILES string of the molecule is CNC1CCC(S(=O)CCOC)C1C. The van der Waals surface area contributed by atoms with Gasteiger partial charge in [-0.3, -0.25) is 4.21 Å². The Morgan fingerprint density at radius 2 is 2.21 bits per heavy atom. The second-order valence-electron chi connectivity index (χ2n) is 3.95. The summed E-state index contributed by atoms with van der Waals surface area (Å²) in [5.74, 6) is 1.21. The highest BCUT2D eigenvalue weighted by molar-refractivity contribution is 7.85. The van der Waals surface area contributed by atoms with Crippen LogP contribution in [0.2, 0.25) is 0 Å². The third-order valence-corrected chi connectivity index (χ3v) is 5.09. The van der Waals surface area contributed by atoms with E-state index in [4.69, 9.17) is 4.74 Å². The number of rotatable bonds is 5. The molecular formula is C10H21NO2S. The van der Waals surface area contributed by atoms with Crippen LogP contribution in [0.15, 0.2) is 0 Å². The molecule has 0 aromatic rings. The molecule has 1 saturated carbocycles. The summed E-state index contributed by atoms with van der Waals surface area (Å²) >= 11 is 0. The fourth-order valence-electron chi connectivity index (χ4n) is 2.22. The highest BCUT2D eigenvalue weighted by Crippen LogP contribution is 2.29. The van der Waals surface area contributed by atoms with Gasteiger partial charge in [-0.1, -0.05) is 6.92 Å². The molecule has 0 spiro atoms. The summed E-state index contributed by atoms with van der Waals surface area (Å²) in [6.45, 7) is 2.81. The third-order valence-electron chi connectivity index (χ3n) is 3.18. The zero-order valence-electron chi connectivity index (χ0n) is 9.29. The van der Waals surface area contributed by atoms with Crippen molar-refractivity contribution in [3.05, 3.63) is 0 Å². The van der Waals surface area contributed by atoms with Crippen LogP contribution >= 0.6 is 0 Å². The first-order valence-corrected chi connectivity index (χ1v) is 6.62. The lowest BCUT2D eigenvalue weighted by Crippen LogP contribution is -2.33. The van der Waals surface area contributed by atoms with Gasteiger partial charge in [-0.2, -0.15) is 0 Å². The number of hydrogen-bond donors (Lipinski definition) is 1. The van der Waals surface area contributed by atoms with E-state index >= 15 is 0 Å². The number of hydrogen-bond acceptors (Lipinski definition) is 3. The molecule has 3 nitrogen and oxygen atoms in total. The lowest BCUT2D eigenvalue weighted by atomic mass is 10.1. The summed E-state index contributed by atoms with van der Waals surface area (Å²) in [5.41, 5.74) is 0. The third kappa shape index (κ3) is 2.78. The van der Waals surface area contributed by atoms with Crippen LogP contribution in [0, 0.1) is 5.92 Å². The van der Waals surface area contributed by atoms with E-state index in [1.54, 1.807) is 7.11 Å². The Kier molecular flexibility index (Phi) is 5.06. The van der Waals surface area contributed by atoms with E-state index in [1.807, 2.05) is 7.05 Å². The summed E-state index contributed by atoms with van der Waals surface area (Å²) in [7, 11) is 2.93. The molecule has 1 aliphatic carbocycles. The fourth-order valence-corrected chi connectivity index (χ4v) is 3.92. The van der Waals surface area contributed by atoms with E-state index < -0.39 is 10.8 Å². The molecule has 0 heterocycles. The molecule has 14 heavy (non-hydrogen) atoms. The van der Waals surface area contributed by atoms with Crippen LogP contribution in [0.5, 0.6) is 0 Å². The lowest BCUT2D eigenvalue weighted by Gasteiger charge is -2.19. The van der Waals surface area contributed by atoms with Crippen molar-refractivity contribution < 1.29 is 8.95 Å². The van der Waals surface area contributed by atoms with Crippen molar-refractivity contribution in [1.82, 2.24) is 5.32 Å². The molecule has 0 amide bonds. The molecular weight excluding hydrogens is 198 g/mol. The Labute approximate surface area is 89.1 Å². The molecule has 4 atom stereocenters. The van der Waals surface area contributed by atoms with E-state index in [9.17, 15) is 4.21 Å². The zero-order chi connectivity index (χ0) is 10.6. The van der Waals surface area contributed by atoms with Crippen molar-refractivity contribution in [2.75, 3.05) is 26.5 Å². The van der Waals surface area contributed by atoms with Crippen molar-refractivity contribution in [2.45, 2.75) is 31.1 Å². The predicted octanol–water partition coefficient (Wildman–Crippen LogP) is 0.768. The van der Waals surface area contributed by atoms with E-state index in [-0.39, 0.29) is 0 Å². The first-order valence-electron chi connectivity index (χ1n) is 5.24. The van der Waals surface area contributed by atoms with Gasteiger partial charge in [-0.25, -0.2) is 0 Å². The van der Waals surface area contributed by atoms with E-state index in [2.05, 4.69) is 12.2 Å². The molecule has 0 aromatic carbocycles. The average Bonchev–Trinajstić information content (AvgIpc) is 2.56. The summed E-state index contributed by atoms with van der Waals surface area (Å²) in [4.78, 5) is 0. The molecule has 1 aliphatic rings. The normalized spacial score (nSPS) is 34.6. The number of methoxy groups -OCH3 is 1. The monoisotopic (exact) mass is 219 g/mol. The maximum absolute atomic E-state index is 11.9. The molecule has 0 saturated heterocycles. The second-order valence-corrected chi connectivity index (χ2v) is 5.72. The van der Waals surface area contributed by atoms with Crippen molar-refractivity contribution >= 4 is 10.8 Å². The smallest absolute Gasteiger partial charge is 0.0577 e. The van der Waals surface area contributed by atoms with Gasteiger partial charge in [0.25, 0.3) is 0 Å². The van der Waals surface area contributed by atoms with Crippen molar-refractivity contribution in [3.63, 3.8) is 0 Å². The minimum absolute atomic E-state index is 0.364. The van der Waals surface area contributed by atoms with Gasteiger partial charge in [0, 0.05) is 35.0 Å². The van der Waals surface area contributed by atoms with Crippen molar-refractivity contribution in [1.29, 1.82) is 0 Å². The Balaban J connectivity index is 2.41. The van der Waals surface area contributed by atoms with Crippen molar-refractivity contribution in [2.24, 2.45) is 5.92 Å². The van der Waals surface area contributed by atoms with E-state index in [1.165, 1.54) is 0 Å². The summed E-state index contributed by atoms with van der Waals surface area (Å²) in [6, 6.07) is 0.548. The van der Waals surface area contributed by atoms with Gasteiger partial charge in [0.15, 0.2) is 0 Å². The molecule has 4 unspecified atom stereocenters. The maximum atomic E-state index is 11.9. The summed E-state index contributed by atoms with van der Waals surface area (Å²) < 4.78 is 16.8. The molecule has 1 rings (SSSR count). The standard InChI is InChI=1S/C10H21NO2S/c1-8-9(11-2)4-5-10(8)14(12)7-6-13-3/h8-11H,4-7H2,1-3H3. The highest BCUT2D eigenvalue weighted by Gasteiger charge is 2.35. The van der Waals surface area contributed by atoms with Crippen LogP contribution in [0.3, 0.4) is 0 Å². The van der Waals surface area contributed by atoms with Gasteiger partial charge in [0.05, 0.1) is 6.61 Å². The molecule has 84 valence electrons. The molecule has 4 heteroatoms. The second kappa shape index (κ2) is 5.83.